The summed E-state index contributed by atoms with van der Waals surface area (Å²) >= 11 is 0. The molecule has 5 heteroatoms. The van der Waals surface area contributed by atoms with E-state index in [1.165, 1.54) is 0 Å². The average Bonchev–Trinajstić information content (AvgIpc) is 2.70. The molecular weight excluding hydrogens is 242 g/mol. The summed E-state index contributed by atoms with van der Waals surface area (Å²) in [5.41, 5.74) is 0.428. The second-order valence-electron chi connectivity index (χ2n) is 5.78. The van der Waals surface area contributed by atoms with Crippen molar-refractivity contribution in [3.8, 4) is 0 Å². The molecule has 2 heterocycles. The smallest absolute Gasteiger partial charge is 0.239 e. The summed E-state index contributed by atoms with van der Waals surface area (Å²) in [4.78, 5) is 30.0. The number of carbonyl (C=O) groups excluding carboxylic acids is 2. The lowest BCUT2D eigenvalue weighted by molar-refractivity contribution is -0.133. The minimum Gasteiger partial charge on any atom is -0.351 e. The zero-order chi connectivity index (χ0) is 14.0. The lowest BCUT2D eigenvalue weighted by Gasteiger charge is -2.22. The van der Waals surface area contributed by atoms with Crippen molar-refractivity contribution in [2.45, 2.75) is 32.7 Å². The van der Waals surface area contributed by atoms with Gasteiger partial charge in [0.15, 0.2) is 0 Å². The fourth-order valence-electron chi connectivity index (χ4n) is 2.15. The number of aromatic nitrogens is 1. The first-order chi connectivity index (χ1) is 8.88. The highest BCUT2D eigenvalue weighted by Crippen LogP contribution is 2.24. The molecule has 1 aromatic heterocycles. The monoisotopic (exact) mass is 261 g/mol. The van der Waals surface area contributed by atoms with Gasteiger partial charge in [0.25, 0.3) is 0 Å². The quantitative estimate of drug-likeness (QED) is 0.817. The van der Waals surface area contributed by atoms with Gasteiger partial charge in [0.05, 0.1) is 11.9 Å². The molecule has 1 aromatic rings. The Labute approximate surface area is 113 Å². The molecule has 0 saturated carbocycles. The zero-order valence-electron chi connectivity index (χ0n) is 11.5. The average molecular weight is 261 g/mol. The van der Waals surface area contributed by atoms with Gasteiger partial charge in [-0.15, -0.1) is 0 Å². The van der Waals surface area contributed by atoms with Gasteiger partial charge in [-0.2, -0.15) is 0 Å². The maximum absolute atomic E-state index is 12.3. The number of nitrogens with one attached hydrogen (secondary N) is 1. The van der Waals surface area contributed by atoms with Crippen LogP contribution >= 0.6 is 0 Å². The second kappa shape index (κ2) is 4.99. The summed E-state index contributed by atoms with van der Waals surface area (Å²) < 4.78 is 0. The minimum absolute atomic E-state index is 0.144. The van der Waals surface area contributed by atoms with Gasteiger partial charge in [0.2, 0.25) is 11.8 Å². The van der Waals surface area contributed by atoms with Crippen LogP contribution in [0.25, 0.3) is 0 Å². The molecule has 102 valence electrons. The van der Waals surface area contributed by atoms with Crippen LogP contribution in [0.2, 0.25) is 0 Å². The summed E-state index contributed by atoms with van der Waals surface area (Å²) in [5, 5.41) is 2.86. The van der Waals surface area contributed by atoms with E-state index in [1.807, 2.05) is 26.8 Å². The molecule has 2 rings (SSSR count). The Bertz CT molecular complexity index is 479. The maximum Gasteiger partial charge on any atom is 0.239 e. The molecule has 1 atom stereocenters. The van der Waals surface area contributed by atoms with Crippen LogP contribution in [0.3, 0.4) is 0 Å². The number of amides is 2. The molecule has 1 saturated heterocycles. The Hall–Kier alpha value is -1.91. The predicted molar refractivity (Wildman–Crippen MR) is 72.6 cm³/mol. The van der Waals surface area contributed by atoms with Gasteiger partial charge in [0, 0.05) is 18.3 Å². The number of hydrogen-bond acceptors (Lipinski definition) is 3. The van der Waals surface area contributed by atoms with E-state index in [1.54, 1.807) is 23.4 Å². The van der Waals surface area contributed by atoms with Gasteiger partial charge in [-0.3, -0.25) is 14.6 Å². The van der Waals surface area contributed by atoms with E-state index in [4.69, 9.17) is 0 Å². The molecule has 0 spiro atoms. The standard InChI is InChI=1S/C14H19N3O2/c1-14(2,3)16-12(18)11-6-8-17(13(11)19)10-5-4-7-15-9-10/h4-5,7,9,11H,6,8H2,1-3H3,(H,16,18). The molecule has 1 aliphatic rings. The van der Waals surface area contributed by atoms with Gasteiger partial charge >= 0.3 is 0 Å². The topological polar surface area (TPSA) is 62.3 Å². The van der Waals surface area contributed by atoms with Crippen LogP contribution in [0.1, 0.15) is 27.2 Å². The summed E-state index contributed by atoms with van der Waals surface area (Å²) in [7, 11) is 0. The number of hydrogen-bond donors (Lipinski definition) is 1. The molecule has 0 aliphatic carbocycles. The number of nitrogens with zero attached hydrogens (tertiary/aromatic N) is 2. The number of anilines is 1. The molecule has 19 heavy (non-hydrogen) atoms. The van der Waals surface area contributed by atoms with Crippen LogP contribution in [-0.4, -0.2) is 28.9 Å². The molecule has 2 amide bonds. The Morgan fingerprint density at radius 3 is 2.79 bits per heavy atom. The van der Waals surface area contributed by atoms with E-state index in [2.05, 4.69) is 10.3 Å². The third kappa shape index (κ3) is 3.10. The first-order valence-electron chi connectivity index (χ1n) is 6.42. The molecule has 1 N–H and O–H groups in total. The fraction of sp³-hybridized carbons (Fsp3) is 0.500. The van der Waals surface area contributed by atoms with Crippen molar-refractivity contribution in [2.75, 3.05) is 11.4 Å². The van der Waals surface area contributed by atoms with Crippen molar-refractivity contribution < 1.29 is 9.59 Å². The van der Waals surface area contributed by atoms with Crippen LogP contribution in [0.4, 0.5) is 5.69 Å². The summed E-state index contributed by atoms with van der Waals surface area (Å²) in [5.74, 6) is -0.918. The summed E-state index contributed by atoms with van der Waals surface area (Å²) in [6.07, 6.45) is 3.85. The zero-order valence-corrected chi connectivity index (χ0v) is 11.5. The van der Waals surface area contributed by atoms with Gasteiger partial charge in [-0.25, -0.2) is 0 Å². The van der Waals surface area contributed by atoms with Crippen LogP contribution in [-0.2, 0) is 9.59 Å². The maximum atomic E-state index is 12.3. The van der Waals surface area contributed by atoms with Crippen molar-refractivity contribution >= 4 is 17.5 Å². The molecule has 1 fully saturated rings. The van der Waals surface area contributed by atoms with E-state index >= 15 is 0 Å². The number of pyridine rings is 1. The first-order valence-corrected chi connectivity index (χ1v) is 6.42. The first kappa shape index (κ1) is 13.5. The fourth-order valence-corrected chi connectivity index (χ4v) is 2.15. The molecular formula is C14H19N3O2. The van der Waals surface area contributed by atoms with Crippen LogP contribution < -0.4 is 10.2 Å². The lowest BCUT2D eigenvalue weighted by atomic mass is 10.0. The van der Waals surface area contributed by atoms with Gasteiger partial charge in [0.1, 0.15) is 5.92 Å². The van der Waals surface area contributed by atoms with Crippen LogP contribution in [0, 0.1) is 5.92 Å². The second-order valence-corrected chi connectivity index (χ2v) is 5.78. The third-order valence-corrected chi connectivity index (χ3v) is 2.98. The van der Waals surface area contributed by atoms with E-state index in [0.717, 1.165) is 5.69 Å². The molecule has 1 aliphatic heterocycles. The van der Waals surface area contributed by atoms with E-state index in [9.17, 15) is 9.59 Å². The van der Waals surface area contributed by atoms with Crippen molar-refractivity contribution in [2.24, 2.45) is 5.92 Å². The largest absolute Gasteiger partial charge is 0.351 e. The highest BCUT2D eigenvalue weighted by Gasteiger charge is 2.38. The normalized spacial score (nSPS) is 19.6. The molecule has 1 unspecified atom stereocenters. The van der Waals surface area contributed by atoms with Crippen LogP contribution in [0.5, 0.6) is 0 Å². The van der Waals surface area contributed by atoms with E-state index in [0.29, 0.717) is 13.0 Å². The highest BCUT2D eigenvalue weighted by molar-refractivity contribution is 6.09. The van der Waals surface area contributed by atoms with Crippen molar-refractivity contribution in [1.82, 2.24) is 10.3 Å². The Morgan fingerprint density at radius 1 is 1.47 bits per heavy atom. The van der Waals surface area contributed by atoms with Gasteiger partial charge < -0.3 is 10.2 Å². The van der Waals surface area contributed by atoms with Crippen molar-refractivity contribution in [1.29, 1.82) is 0 Å². The molecule has 0 aromatic carbocycles. The van der Waals surface area contributed by atoms with Crippen molar-refractivity contribution in [3.63, 3.8) is 0 Å². The Balaban J connectivity index is 2.08. The predicted octanol–water partition coefficient (Wildman–Crippen LogP) is 1.35. The Morgan fingerprint density at radius 2 is 2.21 bits per heavy atom. The van der Waals surface area contributed by atoms with Gasteiger partial charge in [-0.05, 0) is 39.3 Å². The third-order valence-electron chi connectivity index (χ3n) is 2.98. The summed E-state index contributed by atoms with van der Waals surface area (Å²) in [6.45, 7) is 6.28. The van der Waals surface area contributed by atoms with Gasteiger partial charge in [-0.1, -0.05) is 0 Å². The molecule has 0 bridgehead atoms. The number of rotatable bonds is 2. The SMILES string of the molecule is CC(C)(C)NC(=O)C1CCN(c2cccnc2)C1=O. The molecule has 5 nitrogen and oxygen atoms in total. The molecule has 0 radical (unpaired) electrons. The summed E-state index contributed by atoms with van der Waals surface area (Å²) in [6, 6.07) is 3.61. The highest BCUT2D eigenvalue weighted by atomic mass is 16.2. The van der Waals surface area contributed by atoms with Crippen LogP contribution in [0.15, 0.2) is 24.5 Å². The van der Waals surface area contributed by atoms with Crippen molar-refractivity contribution in [3.05, 3.63) is 24.5 Å². The minimum atomic E-state index is -0.584. The van der Waals surface area contributed by atoms with E-state index < -0.39 is 5.92 Å². The van der Waals surface area contributed by atoms with E-state index in [-0.39, 0.29) is 17.4 Å². The lowest BCUT2D eigenvalue weighted by Crippen LogP contribution is -2.45. The Kier molecular flexibility index (Phi) is 3.55. The number of carbonyl (C=O) groups is 2.